The van der Waals surface area contributed by atoms with Gasteiger partial charge in [0.2, 0.25) is 11.6 Å². The van der Waals surface area contributed by atoms with Gasteiger partial charge in [-0.05, 0) is 26.3 Å². The number of hydrogen-bond acceptors (Lipinski definition) is 13. The van der Waals surface area contributed by atoms with Gasteiger partial charge in [0.15, 0.2) is 11.7 Å². The molecule has 4 bridgehead atoms. The number of carbonyl (C=O) groups is 4. The van der Waals surface area contributed by atoms with E-state index in [0.29, 0.717) is 0 Å². The standard InChI is InChI=1S/C25H30O13/c1-10(18(28)32-6)14-8-16(33-11(2)26)15-7-13(35-19(15)29)9-22(4)20(36-22)24(30)21-23(5,37-21)25(31,38-24)17(14)34-12(3)27/h7,13-14,16-17,20-21,30-31H,1,8-9H2,2-6H3/t13-,14+,16-,17+,20+,21+,22-,23-,24+,25-/m1/s1. The predicted octanol–water partition coefficient (Wildman–Crippen LogP) is -0.437. The molecule has 0 aromatic carbocycles. The number of rotatable bonds is 4. The minimum Gasteiger partial charge on any atom is -0.466 e. The fourth-order valence-corrected chi connectivity index (χ4v) is 6.07. The molecule has 13 heteroatoms. The van der Waals surface area contributed by atoms with E-state index in [1.807, 2.05) is 0 Å². The molecule has 38 heavy (non-hydrogen) atoms. The van der Waals surface area contributed by atoms with E-state index in [9.17, 15) is 29.4 Å². The van der Waals surface area contributed by atoms with Gasteiger partial charge >= 0.3 is 23.9 Å². The number of fused-ring (bicyclic) bond motifs is 8. The molecule has 0 aliphatic carbocycles. The first kappa shape index (κ1) is 26.8. The van der Waals surface area contributed by atoms with Crippen LogP contribution in [0.4, 0.5) is 0 Å². The molecule has 5 aliphatic heterocycles. The van der Waals surface area contributed by atoms with E-state index in [0.717, 1.165) is 21.0 Å². The van der Waals surface area contributed by atoms with Crippen LogP contribution in [0.2, 0.25) is 0 Å². The van der Waals surface area contributed by atoms with Gasteiger partial charge < -0.3 is 43.4 Å². The quantitative estimate of drug-likeness (QED) is 0.204. The van der Waals surface area contributed by atoms with Crippen LogP contribution in [-0.4, -0.2) is 94.5 Å². The van der Waals surface area contributed by atoms with Crippen molar-refractivity contribution in [1.29, 1.82) is 0 Å². The van der Waals surface area contributed by atoms with E-state index < -0.39 is 83.1 Å². The van der Waals surface area contributed by atoms with Crippen LogP contribution < -0.4 is 0 Å². The summed E-state index contributed by atoms with van der Waals surface area (Å²) in [4.78, 5) is 49.9. The highest BCUT2D eigenvalue weighted by Gasteiger charge is 2.89. The van der Waals surface area contributed by atoms with Crippen LogP contribution in [0.25, 0.3) is 0 Å². The number of esters is 4. The SMILES string of the molecule is C=C(C(=O)OC)[C@@H]1C[C@@H](OC(C)=O)C2=C[C@H](C[C@@]3(C)O[C@@H]3[C@]3(O)O[C@](O)([C@H]1OC(C)=O)[C@]1(C)O[C@H]31)OC2=O. The fraction of sp³-hybridized carbons (Fsp3) is 0.680. The van der Waals surface area contributed by atoms with Crippen LogP contribution >= 0.6 is 0 Å². The van der Waals surface area contributed by atoms with Crippen molar-refractivity contribution in [3.05, 3.63) is 23.8 Å². The normalized spacial score (nSPS) is 46.5. The molecule has 5 rings (SSSR count). The Labute approximate surface area is 217 Å². The van der Waals surface area contributed by atoms with Crippen molar-refractivity contribution >= 4 is 23.9 Å². The second kappa shape index (κ2) is 8.33. The van der Waals surface area contributed by atoms with Crippen LogP contribution in [-0.2, 0) is 52.3 Å². The highest BCUT2D eigenvalue weighted by atomic mass is 16.8. The summed E-state index contributed by atoms with van der Waals surface area (Å²) in [6, 6.07) is 0. The lowest BCUT2D eigenvalue weighted by atomic mass is 9.78. The molecule has 208 valence electrons. The van der Waals surface area contributed by atoms with Gasteiger partial charge in [0.25, 0.3) is 0 Å². The molecule has 3 saturated heterocycles. The highest BCUT2D eigenvalue weighted by molar-refractivity contribution is 5.93. The summed E-state index contributed by atoms with van der Waals surface area (Å²) in [7, 11) is 1.10. The summed E-state index contributed by atoms with van der Waals surface area (Å²) in [5.74, 6) is -9.38. The van der Waals surface area contributed by atoms with Crippen molar-refractivity contribution in [2.75, 3.05) is 7.11 Å². The van der Waals surface area contributed by atoms with Gasteiger partial charge in [-0.2, -0.15) is 0 Å². The second-order valence-corrected chi connectivity index (χ2v) is 10.7. The van der Waals surface area contributed by atoms with Crippen LogP contribution in [0.15, 0.2) is 23.8 Å². The van der Waals surface area contributed by atoms with Crippen LogP contribution in [0, 0.1) is 5.92 Å². The molecule has 10 atom stereocenters. The number of epoxide rings is 2. The third kappa shape index (κ3) is 3.79. The summed E-state index contributed by atoms with van der Waals surface area (Å²) in [6.45, 7) is 9.11. The van der Waals surface area contributed by atoms with Gasteiger partial charge in [-0.3, -0.25) is 9.59 Å². The van der Waals surface area contributed by atoms with Crippen molar-refractivity contribution in [2.24, 2.45) is 5.92 Å². The molecular weight excluding hydrogens is 508 g/mol. The Morgan fingerprint density at radius 2 is 1.74 bits per heavy atom. The van der Waals surface area contributed by atoms with Crippen molar-refractivity contribution in [1.82, 2.24) is 0 Å². The zero-order valence-electron chi connectivity index (χ0n) is 21.5. The van der Waals surface area contributed by atoms with Gasteiger partial charge in [-0.15, -0.1) is 0 Å². The van der Waals surface area contributed by atoms with Gasteiger partial charge in [0.05, 0.1) is 12.7 Å². The molecule has 13 nitrogen and oxygen atoms in total. The first-order chi connectivity index (χ1) is 17.6. The molecule has 0 radical (unpaired) electrons. The molecule has 0 saturated carbocycles. The Kier molecular flexibility index (Phi) is 5.86. The van der Waals surface area contributed by atoms with Crippen molar-refractivity contribution < 1.29 is 62.5 Å². The molecule has 2 N–H and O–H groups in total. The fourth-order valence-electron chi connectivity index (χ4n) is 6.07. The largest absolute Gasteiger partial charge is 0.466 e. The third-order valence-corrected chi connectivity index (χ3v) is 8.00. The van der Waals surface area contributed by atoms with Crippen molar-refractivity contribution in [3.8, 4) is 0 Å². The summed E-state index contributed by atoms with van der Waals surface area (Å²) in [5.41, 5.74) is -2.96. The van der Waals surface area contributed by atoms with Gasteiger partial charge in [0.1, 0.15) is 30.0 Å². The molecule has 0 aromatic heterocycles. The third-order valence-electron chi connectivity index (χ3n) is 8.00. The maximum absolute atomic E-state index is 12.9. The lowest BCUT2D eigenvalue weighted by molar-refractivity contribution is -0.371. The number of carbonyl (C=O) groups excluding carboxylic acids is 4. The molecule has 5 aliphatic rings. The monoisotopic (exact) mass is 538 g/mol. The summed E-state index contributed by atoms with van der Waals surface area (Å²) >= 11 is 0. The number of aliphatic hydroxyl groups is 2. The Hall–Kier alpha value is -2.84. The molecule has 3 fully saturated rings. The van der Waals surface area contributed by atoms with Gasteiger partial charge in [0, 0.05) is 31.8 Å². The summed E-state index contributed by atoms with van der Waals surface area (Å²) in [5, 5.41) is 23.7. The zero-order valence-corrected chi connectivity index (χ0v) is 21.5. The summed E-state index contributed by atoms with van der Waals surface area (Å²) in [6.07, 6.45) is -4.74. The van der Waals surface area contributed by atoms with E-state index in [2.05, 4.69) is 6.58 Å². The minimum atomic E-state index is -2.53. The maximum Gasteiger partial charge on any atom is 0.338 e. The molecule has 5 heterocycles. The zero-order chi connectivity index (χ0) is 28.0. The minimum absolute atomic E-state index is 0.0157. The first-order valence-corrected chi connectivity index (χ1v) is 12.1. The van der Waals surface area contributed by atoms with Crippen LogP contribution in [0.1, 0.15) is 40.5 Å². The topological polar surface area (TPSA) is 180 Å². The van der Waals surface area contributed by atoms with Gasteiger partial charge in [-0.25, -0.2) is 9.59 Å². The van der Waals surface area contributed by atoms with E-state index in [4.69, 9.17) is 33.2 Å². The average Bonchev–Trinajstić information content (AvgIpc) is 3.65. The predicted molar refractivity (Wildman–Crippen MR) is 120 cm³/mol. The average molecular weight is 539 g/mol. The Bertz CT molecular complexity index is 1160. The van der Waals surface area contributed by atoms with Crippen molar-refractivity contribution in [2.45, 2.75) is 93.8 Å². The van der Waals surface area contributed by atoms with Crippen LogP contribution in [0.5, 0.6) is 0 Å². The lowest BCUT2D eigenvalue weighted by Crippen LogP contribution is -2.60. The van der Waals surface area contributed by atoms with Gasteiger partial charge in [-0.1, -0.05) is 6.58 Å². The Morgan fingerprint density at radius 3 is 2.34 bits per heavy atom. The lowest BCUT2D eigenvalue weighted by Gasteiger charge is -2.42. The highest BCUT2D eigenvalue weighted by Crippen LogP contribution is 2.66. The van der Waals surface area contributed by atoms with E-state index >= 15 is 0 Å². The Balaban J connectivity index is 1.68. The maximum atomic E-state index is 12.9. The molecular formula is C25H30O13. The molecule has 0 spiro atoms. The number of hydrogen-bond donors (Lipinski definition) is 2. The molecule has 0 aromatic rings. The van der Waals surface area contributed by atoms with Crippen LogP contribution in [0.3, 0.4) is 0 Å². The van der Waals surface area contributed by atoms with E-state index in [1.165, 1.54) is 13.0 Å². The molecule has 0 unspecified atom stereocenters. The van der Waals surface area contributed by atoms with E-state index in [1.54, 1.807) is 6.92 Å². The summed E-state index contributed by atoms with van der Waals surface area (Å²) < 4.78 is 38.8. The number of methoxy groups -OCH3 is 1. The number of ether oxygens (including phenoxy) is 7. The van der Waals surface area contributed by atoms with Crippen molar-refractivity contribution in [3.63, 3.8) is 0 Å². The molecule has 0 amide bonds. The Morgan fingerprint density at radius 1 is 1.08 bits per heavy atom. The first-order valence-electron chi connectivity index (χ1n) is 12.1. The van der Waals surface area contributed by atoms with E-state index in [-0.39, 0.29) is 24.0 Å². The smallest absolute Gasteiger partial charge is 0.338 e. The second-order valence-electron chi connectivity index (χ2n) is 10.7.